The Morgan fingerprint density at radius 1 is 1.04 bits per heavy atom. The number of hydrogen-bond acceptors (Lipinski definition) is 2. The Bertz CT molecular complexity index is 796. The monoisotopic (exact) mass is 373 g/mol. The number of fused-ring (bicyclic) bond motifs is 1. The molecule has 0 atom stereocenters. The summed E-state index contributed by atoms with van der Waals surface area (Å²) < 4.78 is 0. The van der Waals surface area contributed by atoms with Gasteiger partial charge in [-0.3, -0.25) is 4.99 Å². The number of hydrogen-bond donors (Lipinski definition) is 2. The summed E-state index contributed by atoms with van der Waals surface area (Å²) in [5.74, 6) is 1.06. The quantitative estimate of drug-likeness (QED) is 0.782. The highest BCUT2D eigenvalue weighted by Crippen LogP contribution is 2.44. The average molecular weight is 374 g/mol. The molecule has 0 aliphatic carbocycles. The van der Waals surface area contributed by atoms with Crippen LogP contribution in [0.4, 0.5) is 5.69 Å². The minimum Gasteiger partial charge on any atom is -0.342 e. The second kappa shape index (κ2) is 6.99. The largest absolute Gasteiger partial charge is 0.342 e. The number of aliphatic imine (C=N–C) groups is 1. The maximum atomic E-state index is 6.44. The van der Waals surface area contributed by atoms with Gasteiger partial charge in [-0.25, -0.2) is 0 Å². The fourth-order valence-electron chi connectivity index (χ4n) is 3.89. The third-order valence-corrected chi connectivity index (χ3v) is 5.75. The number of anilines is 1. The first-order chi connectivity index (χ1) is 12.2. The van der Waals surface area contributed by atoms with Crippen LogP contribution in [0.3, 0.4) is 0 Å². The first-order valence-electron chi connectivity index (χ1n) is 8.71. The van der Waals surface area contributed by atoms with Gasteiger partial charge in [0.1, 0.15) is 5.84 Å². The topological polar surface area (TPSA) is 36.4 Å². The number of amidine groups is 1. The van der Waals surface area contributed by atoms with E-state index in [0.717, 1.165) is 43.9 Å². The molecule has 2 N–H and O–H groups in total. The van der Waals surface area contributed by atoms with Crippen molar-refractivity contribution in [3.63, 3.8) is 0 Å². The molecule has 4 rings (SSSR count). The van der Waals surface area contributed by atoms with Crippen molar-refractivity contribution in [1.82, 2.24) is 5.32 Å². The molecule has 3 nitrogen and oxygen atoms in total. The van der Waals surface area contributed by atoms with Gasteiger partial charge in [0.05, 0.1) is 17.3 Å². The lowest BCUT2D eigenvalue weighted by atomic mass is 9.71. The van der Waals surface area contributed by atoms with E-state index in [2.05, 4.69) is 34.9 Å². The van der Waals surface area contributed by atoms with Gasteiger partial charge in [0, 0.05) is 10.4 Å². The molecule has 1 fully saturated rings. The first kappa shape index (κ1) is 16.9. The van der Waals surface area contributed by atoms with Crippen LogP contribution in [0.25, 0.3) is 0 Å². The average Bonchev–Trinajstić information content (AvgIpc) is 2.61. The Morgan fingerprint density at radius 2 is 1.80 bits per heavy atom. The summed E-state index contributed by atoms with van der Waals surface area (Å²) in [6.07, 6.45) is 3.07. The van der Waals surface area contributed by atoms with Crippen molar-refractivity contribution in [3.05, 3.63) is 63.6 Å². The smallest absolute Gasteiger partial charge is 0.108 e. The van der Waals surface area contributed by atoms with Gasteiger partial charge in [0.25, 0.3) is 0 Å². The van der Waals surface area contributed by atoms with Gasteiger partial charge in [-0.1, -0.05) is 53.5 Å². The van der Waals surface area contributed by atoms with Crippen LogP contribution >= 0.6 is 23.2 Å². The van der Waals surface area contributed by atoms with Crippen molar-refractivity contribution in [2.45, 2.75) is 25.8 Å². The van der Waals surface area contributed by atoms with E-state index in [1.807, 2.05) is 12.1 Å². The Hall–Kier alpha value is -1.55. The predicted molar refractivity (Wildman–Crippen MR) is 106 cm³/mol. The van der Waals surface area contributed by atoms with Crippen molar-refractivity contribution in [3.8, 4) is 0 Å². The van der Waals surface area contributed by atoms with Crippen molar-refractivity contribution < 1.29 is 0 Å². The molecule has 130 valence electrons. The number of piperidine rings is 1. The molecule has 5 heteroatoms. The summed E-state index contributed by atoms with van der Waals surface area (Å²) in [7, 11) is 0. The lowest BCUT2D eigenvalue weighted by molar-refractivity contribution is 0.293. The van der Waals surface area contributed by atoms with Gasteiger partial charge in [0.15, 0.2) is 0 Å². The van der Waals surface area contributed by atoms with E-state index in [1.165, 1.54) is 11.1 Å². The molecule has 1 saturated heterocycles. The molecule has 2 aromatic rings. The number of rotatable bonds is 2. The highest BCUT2D eigenvalue weighted by Gasteiger charge is 2.41. The predicted octanol–water partition coefficient (Wildman–Crippen LogP) is 4.93. The molecule has 0 amide bonds. The maximum Gasteiger partial charge on any atom is 0.108 e. The lowest BCUT2D eigenvalue weighted by Crippen LogP contribution is -2.48. The molecule has 0 aromatic heterocycles. The molecular formula is C20H21Cl2N3. The molecule has 2 aliphatic heterocycles. The SMILES string of the molecule is Clc1cc(Cl)c2c(c1)CC1(CCNCC1)C(=NCc1ccccc1)N2. The highest BCUT2D eigenvalue weighted by molar-refractivity contribution is 6.37. The van der Waals surface area contributed by atoms with Gasteiger partial charge < -0.3 is 10.6 Å². The highest BCUT2D eigenvalue weighted by atomic mass is 35.5. The van der Waals surface area contributed by atoms with Crippen LogP contribution in [0.15, 0.2) is 47.5 Å². The third kappa shape index (κ3) is 3.41. The third-order valence-electron chi connectivity index (χ3n) is 5.23. The van der Waals surface area contributed by atoms with E-state index >= 15 is 0 Å². The van der Waals surface area contributed by atoms with Crippen LogP contribution in [0.2, 0.25) is 10.0 Å². The van der Waals surface area contributed by atoms with Crippen LogP contribution in [-0.4, -0.2) is 18.9 Å². The van der Waals surface area contributed by atoms with E-state index in [9.17, 15) is 0 Å². The van der Waals surface area contributed by atoms with E-state index in [1.54, 1.807) is 6.07 Å². The summed E-state index contributed by atoms with van der Waals surface area (Å²) in [4.78, 5) is 4.98. The number of nitrogens with zero attached hydrogens (tertiary/aromatic N) is 1. The fourth-order valence-corrected chi connectivity index (χ4v) is 4.47. The Kier molecular flexibility index (Phi) is 4.72. The second-order valence-corrected chi connectivity index (χ2v) is 7.75. The van der Waals surface area contributed by atoms with E-state index < -0.39 is 0 Å². The van der Waals surface area contributed by atoms with Gasteiger partial charge in [-0.05, 0) is 55.6 Å². The number of nitrogens with one attached hydrogen (secondary N) is 2. The van der Waals surface area contributed by atoms with Gasteiger partial charge >= 0.3 is 0 Å². The zero-order valence-electron chi connectivity index (χ0n) is 14.0. The summed E-state index contributed by atoms with van der Waals surface area (Å²) in [5.41, 5.74) is 3.41. The minimum absolute atomic E-state index is 0.0427. The van der Waals surface area contributed by atoms with Gasteiger partial charge in [-0.15, -0.1) is 0 Å². The molecule has 2 heterocycles. The van der Waals surface area contributed by atoms with Crippen molar-refractivity contribution in [1.29, 1.82) is 0 Å². The number of halogens is 2. The van der Waals surface area contributed by atoms with Crippen LogP contribution in [0.1, 0.15) is 24.0 Å². The standard InChI is InChI=1S/C20H21Cl2N3/c21-16-10-15-12-20(6-8-23-9-7-20)19(25-18(15)17(22)11-16)24-13-14-4-2-1-3-5-14/h1-5,10-11,23H,6-9,12-13H2,(H,24,25). The Balaban J connectivity index is 1.72. The van der Waals surface area contributed by atoms with Crippen molar-refractivity contribution >= 4 is 34.7 Å². The maximum absolute atomic E-state index is 6.44. The van der Waals surface area contributed by atoms with Crippen LogP contribution < -0.4 is 10.6 Å². The summed E-state index contributed by atoms with van der Waals surface area (Å²) in [5, 5.41) is 8.38. The summed E-state index contributed by atoms with van der Waals surface area (Å²) in [6.45, 7) is 2.70. The Morgan fingerprint density at radius 3 is 2.56 bits per heavy atom. The van der Waals surface area contributed by atoms with Crippen molar-refractivity contribution in [2.75, 3.05) is 18.4 Å². The molecule has 0 unspecified atom stereocenters. The van der Waals surface area contributed by atoms with E-state index in [-0.39, 0.29) is 5.41 Å². The molecule has 1 spiro atoms. The van der Waals surface area contributed by atoms with E-state index in [4.69, 9.17) is 28.2 Å². The zero-order chi connectivity index (χ0) is 17.3. The van der Waals surface area contributed by atoms with Crippen LogP contribution in [0, 0.1) is 5.41 Å². The van der Waals surface area contributed by atoms with Gasteiger partial charge in [-0.2, -0.15) is 0 Å². The van der Waals surface area contributed by atoms with Crippen LogP contribution in [0.5, 0.6) is 0 Å². The molecule has 25 heavy (non-hydrogen) atoms. The van der Waals surface area contributed by atoms with Crippen LogP contribution in [-0.2, 0) is 13.0 Å². The second-order valence-electron chi connectivity index (χ2n) is 6.90. The first-order valence-corrected chi connectivity index (χ1v) is 9.46. The number of benzene rings is 2. The molecular weight excluding hydrogens is 353 g/mol. The molecule has 0 radical (unpaired) electrons. The minimum atomic E-state index is 0.0427. The molecule has 2 aliphatic rings. The Labute approximate surface area is 158 Å². The summed E-state index contributed by atoms with van der Waals surface area (Å²) >= 11 is 12.7. The summed E-state index contributed by atoms with van der Waals surface area (Å²) in [6, 6.07) is 14.2. The van der Waals surface area contributed by atoms with E-state index in [0.29, 0.717) is 16.6 Å². The van der Waals surface area contributed by atoms with Crippen molar-refractivity contribution in [2.24, 2.45) is 10.4 Å². The fraction of sp³-hybridized carbons (Fsp3) is 0.350. The zero-order valence-corrected chi connectivity index (χ0v) is 15.5. The molecule has 0 saturated carbocycles. The molecule has 0 bridgehead atoms. The molecule has 2 aromatic carbocycles. The lowest BCUT2D eigenvalue weighted by Gasteiger charge is -2.43. The van der Waals surface area contributed by atoms with Gasteiger partial charge in [0.2, 0.25) is 0 Å². The normalized spacial score (nSPS) is 20.3.